The highest BCUT2D eigenvalue weighted by Gasteiger charge is 2.09. The smallest absolute Gasteiger partial charge is 0.216 e. The van der Waals surface area contributed by atoms with E-state index in [1.165, 1.54) is 0 Å². The second kappa shape index (κ2) is 5.85. The summed E-state index contributed by atoms with van der Waals surface area (Å²) in [7, 11) is 0. The summed E-state index contributed by atoms with van der Waals surface area (Å²) in [6, 6.07) is 17.9. The first kappa shape index (κ1) is 13.5. The van der Waals surface area contributed by atoms with Crippen LogP contribution in [-0.2, 0) is 0 Å². The van der Waals surface area contributed by atoms with E-state index in [4.69, 9.17) is 12.2 Å². The lowest BCUT2D eigenvalue weighted by Gasteiger charge is -2.04. The monoisotopic (exact) mass is 294 g/mol. The highest BCUT2D eigenvalue weighted by molar-refractivity contribution is 7.71. The van der Waals surface area contributed by atoms with E-state index in [1.807, 2.05) is 61.5 Å². The quantitative estimate of drug-likeness (QED) is 0.590. The summed E-state index contributed by atoms with van der Waals surface area (Å²) in [5.74, 6) is 0.713. The van der Waals surface area contributed by atoms with Gasteiger partial charge in [-0.2, -0.15) is 14.9 Å². The largest absolute Gasteiger partial charge is 0.250 e. The molecular weight excluding hydrogens is 280 g/mol. The third kappa shape index (κ3) is 2.83. The van der Waals surface area contributed by atoms with Crippen molar-refractivity contribution in [2.24, 2.45) is 5.10 Å². The van der Waals surface area contributed by atoms with E-state index in [2.05, 4.69) is 15.3 Å². The first-order chi connectivity index (χ1) is 10.3. The van der Waals surface area contributed by atoms with Crippen molar-refractivity contribution in [2.75, 3.05) is 0 Å². The van der Waals surface area contributed by atoms with Crippen LogP contribution in [0.25, 0.3) is 11.4 Å². The molecule has 0 aliphatic rings. The molecule has 4 nitrogen and oxygen atoms in total. The van der Waals surface area contributed by atoms with Crippen molar-refractivity contribution < 1.29 is 0 Å². The number of aryl methyl sites for hydroxylation is 1. The van der Waals surface area contributed by atoms with Gasteiger partial charge in [0.15, 0.2) is 5.82 Å². The van der Waals surface area contributed by atoms with Crippen molar-refractivity contribution in [2.45, 2.75) is 6.92 Å². The fourth-order valence-electron chi connectivity index (χ4n) is 2.06. The zero-order valence-electron chi connectivity index (χ0n) is 11.5. The lowest BCUT2D eigenvalue weighted by atomic mass is 10.1. The lowest BCUT2D eigenvalue weighted by Crippen LogP contribution is -1.96. The summed E-state index contributed by atoms with van der Waals surface area (Å²) in [6.45, 7) is 2.04. The maximum Gasteiger partial charge on any atom is 0.216 e. The Hall–Kier alpha value is -2.53. The third-order valence-corrected chi connectivity index (χ3v) is 3.42. The molecule has 0 aliphatic carbocycles. The van der Waals surface area contributed by atoms with Crippen LogP contribution in [0.1, 0.15) is 11.1 Å². The van der Waals surface area contributed by atoms with Gasteiger partial charge in [0.2, 0.25) is 4.77 Å². The topological polar surface area (TPSA) is 46.0 Å². The number of benzene rings is 2. The predicted octanol–water partition coefficient (Wildman–Crippen LogP) is 3.80. The van der Waals surface area contributed by atoms with E-state index in [-0.39, 0.29) is 0 Å². The molecule has 0 atom stereocenters. The predicted molar refractivity (Wildman–Crippen MR) is 87.0 cm³/mol. The fourth-order valence-corrected chi connectivity index (χ4v) is 2.24. The molecule has 0 spiro atoms. The summed E-state index contributed by atoms with van der Waals surface area (Å²) in [4.78, 5) is 0. The van der Waals surface area contributed by atoms with Gasteiger partial charge in [-0.15, -0.1) is 0 Å². The van der Waals surface area contributed by atoms with E-state index < -0.39 is 0 Å². The van der Waals surface area contributed by atoms with Crippen LogP contribution in [0.3, 0.4) is 0 Å². The average molecular weight is 294 g/mol. The van der Waals surface area contributed by atoms with Crippen molar-refractivity contribution in [3.05, 3.63) is 70.5 Å². The maximum absolute atomic E-state index is 5.26. The van der Waals surface area contributed by atoms with Crippen LogP contribution in [0.2, 0.25) is 0 Å². The number of H-pyrrole nitrogens is 1. The Morgan fingerprint density at radius 1 is 1.10 bits per heavy atom. The third-order valence-electron chi connectivity index (χ3n) is 3.16. The van der Waals surface area contributed by atoms with Gasteiger partial charge in [0.25, 0.3) is 0 Å². The molecule has 1 N–H and O–H groups in total. The summed E-state index contributed by atoms with van der Waals surface area (Å²) in [5.41, 5.74) is 3.15. The lowest BCUT2D eigenvalue weighted by molar-refractivity contribution is 0.871. The Kier molecular flexibility index (Phi) is 3.75. The van der Waals surface area contributed by atoms with Crippen molar-refractivity contribution >= 4 is 18.4 Å². The van der Waals surface area contributed by atoms with Gasteiger partial charge in [0.1, 0.15) is 0 Å². The van der Waals surface area contributed by atoms with Crippen molar-refractivity contribution in [1.29, 1.82) is 0 Å². The van der Waals surface area contributed by atoms with Gasteiger partial charge in [-0.25, -0.2) is 5.10 Å². The fraction of sp³-hybridized carbons (Fsp3) is 0.0625. The van der Waals surface area contributed by atoms with Gasteiger partial charge < -0.3 is 0 Å². The van der Waals surface area contributed by atoms with E-state index in [9.17, 15) is 0 Å². The number of aromatic amines is 1. The molecule has 0 aliphatic heterocycles. The van der Waals surface area contributed by atoms with Gasteiger partial charge in [-0.3, -0.25) is 0 Å². The Bertz CT molecular complexity index is 831. The van der Waals surface area contributed by atoms with Gasteiger partial charge in [-0.1, -0.05) is 54.6 Å². The average Bonchev–Trinajstić information content (AvgIpc) is 2.88. The van der Waals surface area contributed by atoms with Crippen LogP contribution in [-0.4, -0.2) is 21.1 Å². The molecule has 0 saturated carbocycles. The number of nitrogens with one attached hydrogen (secondary N) is 1. The minimum Gasteiger partial charge on any atom is -0.250 e. The molecule has 0 unspecified atom stereocenters. The summed E-state index contributed by atoms with van der Waals surface area (Å²) >= 11 is 5.26. The number of hydrogen-bond acceptors (Lipinski definition) is 3. The second-order valence-corrected chi connectivity index (χ2v) is 5.02. The Labute approximate surface area is 127 Å². The minimum absolute atomic E-state index is 0.473. The standard InChI is InChI=1S/C16H14N4S/c1-12-7-5-6-10-14(12)15-18-19-16(21)20(15)17-11-13-8-3-2-4-9-13/h2-11H,1H3,(H,19,21)/b17-11-. The molecular formula is C16H14N4S. The SMILES string of the molecule is Cc1ccccc1-c1n[nH]c(=S)n1/N=C\c1ccccc1. The molecule has 3 rings (SSSR count). The van der Waals surface area contributed by atoms with Crippen LogP contribution in [0.15, 0.2) is 59.7 Å². The molecule has 0 saturated heterocycles. The number of hydrogen-bond donors (Lipinski definition) is 1. The molecule has 104 valence electrons. The van der Waals surface area contributed by atoms with E-state index in [0.717, 1.165) is 16.7 Å². The first-order valence-electron chi connectivity index (χ1n) is 6.58. The van der Waals surface area contributed by atoms with Crippen LogP contribution >= 0.6 is 12.2 Å². The molecule has 1 aromatic heterocycles. The molecule has 21 heavy (non-hydrogen) atoms. The van der Waals surface area contributed by atoms with Crippen LogP contribution < -0.4 is 0 Å². The molecule has 3 aromatic rings. The van der Waals surface area contributed by atoms with E-state index in [0.29, 0.717) is 10.6 Å². The first-order valence-corrected chi connectivity index (χ1v) is 6.99. The molecule has 0 radical (unpaired) electrons. The minimum atomic E-state index is 0.473. The molecule has 0 amide bonds. The Balaban J connectivity index is 2.05. The van der Waals surface area contributed by atoms with Crippen LogP contribution in [0.5, 0.6) is 0 Å². The van der Waals surface area contributed by atoms with Crippen LogP contribution in [0.4, 0.5) is 0 Å². The number of rotatable bonds is 3. The molecule has 5 heteroatoms. The highest BCUT2D eigenvalue weighted by Crippen LogP contribution is 2.21. The van der Waals surface area contributed by atoms with Crippen molar-refractivity contribution in [3.8, 4) is 11.4 Å². The van der Waals surface area contributed by atoms with Crippen molar-refractivity contribution in [3.63, 3.8) is 0 Å². The molecule has 1 heterocycles. The normalized spacial score (nSPS) is 11.1. The molecule has 0 fully saturated rings. The van der Waals surface area contributed by atoms with Crippen LogP contribution in [0, 0.1) is 11.7 Å². The van der Waals surface area contributed by atoms with Gasteiger partial charge in [-0.05, 0) is 30.3 Å². The second-order valence-electron chi connectivity index (χ2n) is 4.63. The van der Waals surface area contributed by atoms with E-state index >= 15 is 0 Å². The van der Waals surface area contributed by atoms with Gasteiger partial charge in [0, 0.05) is 5.56 Å². The Morgan fingerprint density at radius 3 is 2.57 bits per heavy atom. The highest BCUT2D eigenvalue weighted by atomic mass is 32.1. The summed E-state index contributed by atoms with van der Waals surface area (Å²) in [6.07, 6.45) is 1.77. The van der Waals surface area contributed by atoms with Gasteiger partial charge in [0.05, 0.1) is 6.21 Å². The Morgan fingerprint density at radius 2 is 1.81 bits per heavy atom. The van der Waals surface area contributed by atoms with Crippen molar-refractivity contribution in [1.82, 2.24) is 14.9 Å². The molecule has 2 aromatic carbocycles. The number of aromatic nitrogens is 3. The van der Waals surface area contributed by atoms with Gasteiger partial charge >= 0.3 is 0 Å². The van der Waals surface area contributed by atoms with E-state index in [1.54, 1.807) is 10.9 Å². The summed E-state index contributed by atoms with van der Waals surface area (Å²) in [5, 5.41) is 11.5. The molecule has 0 bridgehead atoms. The zero-order chi connectivity index (χ0) is 14.7. The summed E-state index contributed by atoms with van der Waals surface area (Å²) < 4.78 is 2.12. The maximum atomic E-state index is 5.26. The zero-order valence-corrected chi connectivity index (χ0v) is 12.3. The number of nitrogens with zero attached hydrogens (tertiary/aromatic N) is 3.